The van der Waals surface area contributed by atoms with Crippen LogP contribution in [0.25, 0.3) is 0 Å². The van der Waals surface area contributed by atoms with Crippen LogP contribution in [0, 0.1) is 5.41 Å². The highest BCUT2D eigenvalue weighted by atomic mass is 79.9. The third-order valence-electron chi connectivity index (χ3n) is 3.89. The Morgan fingerprint density at radius 1 is 1.42 bits per heavy atom. The summed E-state index contributed by atoms with van der Waals surface area (Å²) in [5.74, 6) is -0.726. The van der Waals surface area contributed by atoms with Crippen molar-refractivity contribution in [3.05, 3.63) is 40.1 Å². The van der Waals surface area contributed by atoms with Gasteiger partial charge < -0.3 is 10.1 Å². The van der Waals surface area contributed by atoms with Gasteiger partial charge in [0, 0.05) is 15.5 Å². The first-order chi connectivity index (χ1) is 8.86. The second kappa shape index (κ2) is 3.82. The van der Waals surface area contributed by atoms with Gasteiger partial charge in [-0.1, -0.05) is 29.8 Å². The zero-order chi connectivity index (χ0) is 13.8. The van der Waals surface area contributed by atoms with Gasteiger partial charge in [-0.2, -0.15) is 0 Å². The van der Waals surface area contributed by atoms with Gasteiger partial charge in [-0.3, -0.25) is 4.79 Å². The lowest BCUT2D eigenvalue weighted by atomic mass is 9.67. The largest absolute Gasteiger partial charge is 0.493 e. The van der Waals surface area contributed by atoms with Crippen LogP contribution < -0.4 is 10.1 Å². The van der Waals surface area contributed by atoms with E-state index in [1.165, 1.54) is 6.08 Å². The average Bonchev–Trinajstić information content (AvgIpc) is 2.64. The predicted octanol–water partition coefficient (Wildman–Crippen LogP) is 3.05. The molecule has 3 rings (SSSR count). The summed E-state index contributed by atoms with van der Waals surface area (Å²) in [7, 11) is 0. The number of carbonyl (C=O) groups excluding carboxylic acids is 1. The number of hydrogen-bond acceptors (Lipinski definition) is 2. The fourth-order valence-corrected chi connectivity index (χ4v) is 3.07. The Morgan fingerprint density at radius 3 is 2.79 bits per heavy atom. The number of carbonyl (C=O) groups is 1. The Balaban J connectivity index is 2.28. The van der Waals surface area contributed by atoms with E-state index in [2.05, 4.69) is 21.2 Å². The van der Waals surface area contributed by atoms with E-state index in [1.807, 2.05) is 32.0 Å². The van der Waals surface area contributed by atoms with Crippen molar-refractivity contribution in [3.63, 3.8) is 0 Å². The van der Waals surface area contributed by atoms with Gasteiger partial charge in [-0.15, -0.1) is 0 Å². The SMILES string of the molecule is CC1(C)COc2ccc(Br)cc2C12C=C(F)C(=O)N2. The maximum Gasteiger partial charge on any atom is 0.280 e. The maximum absolute atomic E-state index is 13.7. The monoisotopic (exact) mass is 325 g/mol. The molecule has 2 aliphatic heterocycles. The van der Waals surface area contributed by atoms with Crippen molar-refractivity contribution in [2.75, 3.05) is 6.61 Å². The quantitative estimate of drug-likeness (QED) is 0.796. The summed E-state index contributed by atoms with van der Waals surface area (Å²) in [5, 5.41) is 2.79. The van der Waals surface area contributed by atoms with Crippen LogP contribution in [0.4, 0.5) is 4.39 Å². The number of halogens is 2. The molecule has 1 atom stereocenters. The number of benzene rings is 1. The molecule has 3 nitrogen and oxygen atoms in total. The normalized spacial score (nSPS) is 27.6. The first-order valence-corrected chi connectivity index (χ1v) is 6.79. The average molecular weight is 326 g/mol. The lowest BCUT2D eigenvalue weighted by Crippen LogP contribution is -2.55. The Labute approximate surface area is 119 Å². The van der Waals surface area contributed by atoms with Crippen molar-refractivity contribution in [3.8, 4) is 5.75 Å². The topological polar surface area (TPSA) is 38.3 Å². The first-order valence-electron chi connectivity index (χ1n) is 5.99. The van der Waals surface area contributed by atoms with E-state index in [0.717, 1.165) is 10.0 Å². The van der Waals surface area contributed by atoms with Crippen LogP contribution in [0.3, 0.4) is 0 Å². The van der Waals surface area contributed by atoms with Gasteiger partial charge in [0.05, 0.1) is 12.1 Å². The number of amides is 1. The van der Waals surface area contributed by atoms with Gasteiger partial charge in [0.2, 0.25) is 0 Å². The summed E-state index contributed by atoms with van der Waals surface area (Å²) in [6.07, 6.45) is 1.38. The predicted molar refractivity (Wildman–Crippen MR) is 72.4 cm³/mol. The molecule has 1 aromatic carbocycles. The highest BCUT2D eigenvalue weighted by Gasteiger charge is 2.54. The molecule has 0 saturated heterocycles. The lowest BCUT2D eigenvalue weighted by Gasteiger charge is -2.47. The Kier molecular flexibility index (Phi) is 2.55. The van der Waals surface area contributed by atoms with E-state index >= 15 is 0 Å². The summed E-state index contributed by atoms with van der Waals surface area (Å²) in [6, 6.07) is 5.56. The minimum absolute atomic E-state index is 0.408. The molecule has 5 heteroatoms. The summed E-state index contributed by atoms with van der Waals surface area (Å²) >= 11 is 3.41. The van der Waals surface area contributed by atoms with Gasteiger partial charge in [-0.25, -0.2) is 4.39 Å². The highest BCUT2D eigenvalue weighted by molar-refractivity contribution is 9.10. The summed E-state index contributed by atoms with van der Waals surface area (Å²) in [4.78, 5) is 11.6. The summed E-state index contributed by atoms with van der Waals surface area (Å²) in [6.45, 7) is 4.31. The maximum atomic E-state index is 13.7. The molecule has 0 bridgehead atoms. The van der Waals surface area contributed by atoms with E-state index in [4.69, 9.17) is 4.74 Å². The molecular weight excluding hydrogens is 313 g/mol. The van der Waals surface area contributed by atoms with Crippen molar-refractivity contribution in [1.82, 2.24) is 5.32 Å². The third-order valence-corrected chi connectivity index (χ3v) is 4.39. The van der Waals surface area contributed by atoms with Crippen LogP contribution >= 0.6 is 15.9 Å². The van der Waals surface area contributed by atoms with E-state index in [-0.39, 0.29) is 0 Å². The van der Waals surface area contributed by atoms with Crippen molar-refractivity contribution in [1.29, 1.82) is 0 Å². The van der Waals surface area contributed by atoms with Crippen LogP contribution in [-0.4, -0.2) is 12.5 Å². The van der Waals surface area contributed by atoms with Gasteiger partial charge in [0.1, 0.15) is 5.75 Å². The fourth-order valence-electron chi connectivity index (χ4n) is 2.71. The number of rotatable bonds is 0. The number of hydrogen-bond donors (Lipinski definition) is 1. The van der Waals surface area contributed by atoms with Gasteiger partial charge in [-0.05, 0) is 24.3 Å². The molecule has 1 aromatic rings. The van der Waals surface area contributed by atoms with E-state index in [1.54, 1.807) is 0 Å². The van der Waals surface area contributed by atoms with E-state index < -0.39 is 22.7 Å². The van der Waals surface area contributed by atoms with Gasteiger partial charge >= 0.3 is 0 Å². The van der Waals surface area contributed by atoms with Crippen LogP contribution in [0.2, 0.25) is 0 Å². The van der Waals surface area contributed by atoms with Crippen molar-refractivity contribution in [2.24, 2.45) is 5.41 Å². The zero-order valence-corrected chi connectivity index (χ0v) is 12.2. The van der Waals surface area contributed by atoms with Crippen LogP contribution in [0.1, 0.15) is 19.4 Å². The van der Waals surface area contributed by atoms with Gasteiger partial charge in [0.25, 0.3) is 5.91 Å². The minimum atomic E-state index is -0.856. The smallest absolute Gasteiger partial charge is 0.280 e. The molecule has 19 heavy (non-hydrogen) atoms. The molecule has 1 amide bonds. The second-order valence-corrected chi connectivity index (χ2v) is 6.48. The molecule has 1 unspecified atom stereocenters. The fraction of sp³-hybridized carbons (Fsp3) is 0.357. The molecule has 2 aliphatic rings. The Morgan fingerprint density at radius 2 is 2.16 bits per heavy atom. The van der Waals surface area contributed by atoms with Crippen LogP contribution in [0.15, 0.2) is 34.6 Å². The van der Waals surface area contributed by atoms with Crippen LogP contribution in [0.5, 0.6) is 5.75 Å². The Hall–Kier alpha value is -1.36. The molecule has 2 heterocycles. The minimum Gasteiger partial charge on any atom is -0.493 e. The molecule has 0 fully saturated rings. The molecule has 0 aliphatic carbocycles. The molecule has 0 saturated carbocycles. The molecule has 100 valence electrons. The number of nitrogens with one attached hydrogen (secondary N) is 1. The summed E-state index contributed by atoms with van der Waals surface area (Å²) < 4.78 is 20.3. The summed E-state index contributed by atoms with van der Waals surface area (Å²) in [5.41, 5.74) is -0.519. The standard InChI is InChI=1S/C14H13BrFNO2/c1-13(2)7-19-11-4-3-8(15)5-9(11)14(13)6-10(16)12(18)17-14/h3-6H,7H2,1-2H3,(H,17,18). The third kappa shape index (κ3) is 1.64. The molecule has 1 spiro atoms. The molecule has 0 aromatic heterocycles. The molecular formula is C14H13BrFNO2. The van der Waals surface area contributed by atoms with E-state index in [9.17, 15) is 9.18 Å². The zero-order valence-electron chi connectivity index (χ0n) is 10.6. The lowest BCUT2D eigenvalue weighted by molar-refractivity contribution is -0.120. The first kappa shape index (κ1) is 12.7. The van der Waals surface area contributed by atoms with Gasteiger partial charge in [0.15, 0.2) is 5.83 Å². The Bertz CT molecular complexity index is 611. The van der Waals surface area contributed by atoms with Crippen molar-refractivity contribution < 1.29 is 13.9 Å². The second-order valence-electron chi connectivity index (χ2n) is 5.57. The highest BCUT2D eigenvalue weighted by Crippen LogP contribution is 2.51. The van der Waals surface area contributed by atoms with Crippen molar-refractivity contribution >= 4 is 21.8 Å². The molecule has 0 radical (unpaired) electrons. The number of ether oxygens (including phenoxy) is 1. The number of fused-ring (bicyclic) bond motifs is 2. The van der Waals surface area contributed by atoms with E-state index in [0.29, 0.717) is 12.4 Å². The van der Waals surface area contributed by atoms with Crippen molar-refractivity contribution in [2.45, 2.75) is 19.4 Å². The molecule has 1 N–H and O–H groups in total. The van der Waals surface area contributed by atoms with Crippen LogP contribution in [-0.2, 0) is 10.3 Å².